The molecule has 2 heterocycles. The number of carbonyl (C=O) groups excluding carboxylic acids is 1. The minimum atomic E-state index is -0.0649. The number of rotatable bonds is 4. The van der Waals surface area contributed by atoms with Crippen molar-refractivity contribution in [1.82, 2.24) is 10.1 Å². The van der Waals surface area contributed by atoms with Gasteiger partial charge in [-0.2, -0.15) is 0 Å². The van der Waals surface area contributed by atoms with E-state index in [1.807, 2.05) is 19.1 Å². The summed E-state index contributed by atoms with van der Waals surface area (Å²) in [6.45, 7) is 1.95. The number of nitrogens with zero attached hydrogens (tertiary/aromatic N) is 2. The molecule has 1 amide bonds. The molecule has 5 nitrogen and oxygen atoms in total. The molecule has 88 valence electrons. The number of amides is 1. The normalized spacial score (nSPS) is 10.2. The zero-order valence-corrected chi connectivity index (χ0v) is 9.51. The van der Waals surface area contributed by atoms with Crippen LogP contribution in [0.4, 0.5) is 5.88 Å². The van der Waals surface area contributed by atoms with Gasteiger partial charge >= 0.3 is 0 Å². The third-order valence-electron chi connectivity index (χ3n) is 2.23. The first-order valence-electron chi connectivity index (χ1n) is 5.46. The largest absolute Gasteiger partial charge is 0.338 e. The fraction of sp³-hybridized carbons (Fsp3) is 0.250. The van der Waals surface area contributed by atoms with E-state index >= 15 is 0 Å². The number of carbonyl (C=O) groups is 1. The molecule has 1 N–H and O–H groups in total. The molecule has 0 fully saturated rings. The van der Waals surface area contributed by atoms with E-state index in [1.165, 1.54) is 0 Å². The molecule has 0 aliphatic heterocycles. The Hall–Kier alpha value is -2.17. The Morgan fingerprint density at radius 1 is 1.41 bits per heavy atom. The summed E-state index contributed by atoms with van der Waals surface area (Å²) in [4.78, 5) is 15.3. The third-order valence-corrected chi connectivity index (χ3v) is 2.23. The topological polar surface area (TPSA) is 68.0 Å². The number of aromatic nitrogens is 2. The van der Waals surface area contributed by atoms with Crippen LogP contribution in [0.1, 0.15) is 19.8 Å². The molecule has 0 aliphatic carbocycles. The van der Waals surface area contributed by atoms with Gasteiger partial charge in [0.05, 0.1) is 0 Å². The highest BCUT2D eigenvalue weighted by molar-refractivity contribution is 5.89. The standard InChI is InChI=1S/C12H13N3O2/c1-2-3-11(16)14-12-8-10(15-17-12)9-4-6-13-7-5-9/h4-8H,2-3H2,1H3,(H,14,16). The van der Waals surface area contributed by atoms with Crippen LogP contribution in [0.5, 0.6) is 0 Å². The molecular formula is C12H13N3O2. The van der Waals surface area contributed by atoms with E-state index in [2.05, 4.69) is 15.5 Å². The van der Waals surface area contributed by atoms with Gasteiger partial charge in [-0.1, -0.05) is 12.1 Å². The number of nitrogens with one attached hydrogen (secondary N) is 1. The lowest BCUT2D eigenvalue weighted by molar-refractivity contribution is -0.116. The Bertz CT molecular complexity index is 493. The summed E-state index contributed by atoms with van der Waals surface area (Å²) in [6.07, 6.45) is 4.64. The second-order valence-electron chi connectivity index (χ2n) is 3.61. The average Bonchev–Trinajstić information content (AvgIpc) is 2.79. The van der Waals surface area contributed by atoms with Crippen molar-refractivity contribution in [2.45, 2.75) is 19.8 Å². The smallest absolute Gasteiger partial charge is 0.231 e. The van der Waals surface area contributed by atoms with Gasteiger partial charge in [-0.3, -0.25) is 15.1 Å². The van der Waals surface area contributed by atoms with E-state index in [-0.39, 0.29) is 5.91 Å². The molecule has 5 heteroatoms. The van der Waals surface area contributed by atoms with Crippen LogP contribution in [-0.2, 0) is 4.79 Å². The van der Waals surface area contributed by atoms with Gasteiger partial charge in [0.15, 0.2) is 0 Å². The van der Waals surface area contributed by atoms with Crippen LogP contribution in [0.25, 0.3) is 11.3 Å². The predicted molar refractivity (Wildman–Crippen MR) is 63.3 cm³/mol. The molecule has 0 aliphatic rings. The van der Waals surface area contributed by atoms with Gasteiger partial charge in [-0.25, -0.2) is 0 Å². The van der Waals surface area contributed by atoms with Gasteiger partial charge in [0, 0.05) is 30.4 Å². The fourth-order valence-electron chi connectivity index (χ4n) is 1.42. The van der Waals surface area contributed by atoms with Gasteiger partial charge < -0.3 is 4.52 Å². The second kappa shape index (κ2) is 5.25. The molecule has 2 aromatic heterocycles. The monoisotopic (exact) mass is 231 g/mol. The zero-order valence-electron chi connectivity index (χ0n) is 9.51. The van der Waals surface area contributed by atoms with Crippen LogP contribution in [0.2, 0.25) is 0 Å². The quantitative estimate of drug-likeness (QED) is 0.877. The Balaban J connectivity index is 2.09. The molecule has 0 spiro atoms. The van der Waals surface area contributed by atoms with Crippen molar-refractivity contribution >= 4 is 11.8 Å². The maximum Gasteiger partial charge on any atom is 0.231 e. The average molecular weight is 231 g/mol. The van der Waals surface area contributed by atoms with Crippen molar-refractivity contribution in [2.24, 2.45) is 0 Å². The third kappa shape index (κ3) is 2.90. The van der Waals surface area contributed by atoms with Crippen LogP contribution in [0, 0.1) is 0 Å². The molecule has 0 radical (unpaired) electrons. The van der Waals surface area contributed by atoms with E-state index < -0.39 is 0 Å². The van der Waals surface area contributed by atoms with Crippen molar-refractivity contribution in [3.8, 4) is 11.3 Å². The van der Waals surface area contributed by atoms with Gasteiger partial charge in [0.25, 0.3) is 0 Å². The van der Waals surface area contributed by atoms with E-state index in [0.29, 0.717) is 18.0 Å². The van der Waals surface area contributed by atoms with Crippen LogP contribution in [0.3, 0.4) is 0 Å². The lowest BCUT2D eigenvalue weighted by Crippen LogP contribution is -2.09. The molecule has 2 aromatic rings. The fourth-order valence-corrected chi connectivity index (χ4v) is 1.42. The van der Waals surface area contributed by atoms with Crippen molar-refractivity contribution in [2.75, 3.05) is 5.32 Å². The first-order valence-corrected chi connectivity index (χ1v) is 5.46. The predicted octanol–water partition coefficient (Wildman–Crippen LogP) is 2.48. The molecule has 0 bridgehead atoms. The SMILES string of the molecule is CCCC(=O)Nc1cc(-c2ccncc2)no1. The summed E-state index contributed by atoms with van der Waals surface area (Å²) in [5.41, 5.74) is 1.58. The summed E-state index contributed by atoms with van der Waals surface area (Å²) in [5.74, 6) is 0.306. The first kappa shape index (κ1) is 11.3. The summed E-state index contributed by atoms with van der Waals surface area (Å²) in [6, 6.07) is 5.36. The highest BCUT2D eigenvalue weighted by atomic mass is 16.5. The van der Waals surface area contributed by atoms with E-state index in [4.69, 9.17) is 4.52 Å². The Morgan fingerprint density at radius 3 is 2.88 bits per heavy atom. The maximum absolute atomic E-state index is 11.3. The first-order chi connectivity index (χ1) is 8.29. The number of pyridine rings is 1. The van der Waals surface area contributed by atoms with Gasteiger partial charge in [-0.05, 0) is 18.6 Å². The number of hydrogen-bond acceptors (Lipinski definition) is 4. The van der Waals surface area contributed by atoms with E-state index in [9.17, 15) is 4.79 Å². The second-order valence-corrected chi connectivity index (χ2v) is 3.61. The summed E-state index contributed by atoms with van der Waals surface area (Å²) in [5, 5.41) is 6.53. The van der Waals surface area contributed by atoms with Crippen molar-refractivity contribution in [3.05, 3.63) is 30.6 Å². The summed E-state index contributed by atoms with van der Waals surface area (Å²) >= 11 is 0. The molecule has 0 saturated heterocycles. The zero-order chi connectivity index (χ0) is 12.1. The molecule has 2 rings (SSSR count). The summed E-state index contributed by atoms with van der Waals surface area (Å²) < 4.78 is 5.03. The van der Waals surface area contributed by atoms with Crippen molar-refractivity contribution < 1.29 is 9.32 Å². The molecule has 0 aromatic carbocycles. The van der Waals surface area contributed by atoms with E-state index in [0.717, 1.165) is 12.0 Å². The Kier molecular flexibility index (Phi) is 3.49. The lowest BCUT2D eigenvalue weighted by Gasteiger charge is -1.96. The highest BCUT2D eigenvalue weighted by Gasteiger charge is 2.08. The maximum atomic E-state index is 11.3. The molecular weight excluding hydrogens is 218 g/mol. The van der Waals surface area contributed by atoms with Crippen LogP contribution in [0.15, 0.2) is 35.1 Å². The van der Waals surface area contributed by atoms with E-state index in [1.54, 1.807) is 18.5 Å². The number of anilines is 1. The van der Waals surface area contributed by atoms with Crippen LogP contribution < -0.4 is 5.32 Å². The van der Waals surface area contributed by atoms with Crippen LogP contribution >= 0.6 is 0 Å². The van der Waals surface area contributed by atoms with Crippen molar-refractivity contribution in [1.29, 1.82) is 0 Å². The van der Waals surface area contributed by atoms with Crippen LogP contribution in [-0.4, -0.2) is 16.0 Å². The van der Waals surface area contributed by atoms with Gasteiger partial charge in [0.2, 0.25) is 11.8 Å². The minimum absolute atomic E-state index is 0.0649. The lowest BCUT2D eigenvalue weighted by atomic mass is 10.2. The molecule has 0 atom stereocenters. The van der Waals surface area contributed by atoms with Crippen molar-refractivity contribution in [3.63, 3.8) is 0 Å². The Labute approximate surface area is 98.8 Å². The Morgan fingerprint density at radius 2 is 2.18 bits per heavy atom. The summed E-state index contributed by atoms with van der Waals surface area (Å²) in [7, 11) is 0. The van der Waals surface area contributed by atoms with Gasteiger partial charge in [0.1, 0.15) is 5.69 Å². The molecule has 0 unspecified atom stereocenters. The highest BCUT2D eigenvalue weighted by Crippen LogP contribution is 2.20. The van der Waals surface area contributed by atoms with Gasteiger partial charge in [-0.15, -0.1) is 0 Å². The molecule has 17 heavy (non-hydrogen) atoms. The molecule has 0 saturated carbocycles. The minimum Gasteiger partial charge on any atom is -0.338 e. The number of hydrogen-bond donors (Lipinski definition) is 1.